The summed E-state index contributed by atoms with van der Waals surface area (Å²) >= 11 is 3.28. The Morgan fingerprint density at radius 3 is 2.30 bits per heavy atom. The molecule has 2 aromatic carbocycles. The van der Waals surface area contributed by atoms with Crippen molar-refractivity contribution >= 4 is 35.7 Å². The summed E-state index contributed by atoms with van der Waals surface area (Å²) in [5, 5.41) is 0. The van der Waals surface area contributed by atoms with Gasteiger partial charge in [0.2, 0.25) is 0 Å². The molecule has 0 unspecified atom stereocenters. The van der Waals surface area contributed by atoms with Crippen molar-refractivity contribution in [1.29, 1.82) is 0 Å². The topological polar surface area (TPSA) is 43.4 Å². The van der Waals surface area contributed by atoms with E-state index in [0.717, 1.165) is 5.56 Å². The van der Waals surface area contributed by atoms with Gasteiger partial charge in [-0.25, -0.2) is 8.42 Å². The van der Waals surface area contributed by atoms with Crippen LogP contribution < -0.4 is 4.74 Å². The van der Waals surface area contributed by atoms with Gasteiger partial charge >= 0.3 is 0 Å². The number of halogens is 2. The number of rotatable bonds is 3. The third-order valence-electron chi connectivity index (χ3n) is 2.89. The minimum Gasteiger partial charge on any atom is -0.456 e. The first-order valence-corrected chi connectivity index (χ1v) is 8.87. The molecule has 0 spiro atoms. The van der Waals surface area contributed by atoms with E-state index < -0.39 is 9.05 Å². The van der Waals surface area contributed by atoms with Gasteiger partial charge in [0.1, 0.15) is 11.5 Å². The van der Waals surface area contributed by atoms with E-state index >= 15 is 0 Å². The van der Waals surface area contributed by atoms with Gasteiger partial charge in [0.05, 0.1) is 9.37 Å². The highest BCUT2D eigenvalue weighted by molar-refractivity contribution is 9.10. The molecule has 0 bridgehead atoms. The van der Waals surface area contributed by atoms with Gasteiger partial charge < -0.3 is 4.74 Å². The first kappa shape index (κ1) is 15.4. The predicted octanol–water partition coefficient (Wildman–Crippen LogP) is 4.79. The zero-order valence-electron chi connectivity index (χ0n) is 10.9. The van der Waals surface area contributed by atoms with Crippen LogP contribution in [0.2, 0.25) is 0 Å². The normalized spacial score (nSPS) is 11.4. The highest BCUT2D eigenvalue weighted by atomic mass is 79.9. The molecule has 0 atom stereocenters. The molecule has 0 aliphatic carbocycles. The van der Waals surface area contributed by atoms with Crippen molar-refractivity contribution in [3.8, 4) is 11.5 Å². The molecule has 0 heterocycles. The third-order valence-corrected chi connectivity index (χ3v) is 4.86. The van der Waals surface area contributed by atoms with Gasteiger partial charge in [-0.3, -0.25) is 0 Å². The van der Waals surface area contributed by atoms with Crippen molar-refractivity contribution in [3.63, 3.8) is 0 Å². The van der Waals surface area contributed by atoms with Crippen molar-refractivity contribution < 1.29 is 13.2 Å². The maximum Gasteiger partial charge on any atom is 0.261 e. The smallest absolute Gasteiger partial charge is 0.261 e. The molecule has 106 valence electrons. The van der Waals surface area contributed by atoms with Crippen molar-refractivity contribution in [2.45, 2.75) is 18.7 Å². The van der Waals surface area contributed by atoms with Crippen LogP contribution in [0.25, 0.3) is 0 Å². The molecule has 0 saturated carbocycles. The lowest BCUT2D eigenvalue weighted by Gasteiger charge is -2.10. The van der Waals surface area contributed by atoms with Gasteiger partial charge in [-0.05, 0) is 71.2 Å². The van der Waals surface area contributed by atoms with Gasteiger partial charge in [-0.2, -0.15) is 0 Å². The average Bonchev–Trinajstić information content (AvgIpc) is 2.35. The van der Waals surface area contributed by atoms with Crippen molar-refractivity contribution in [1.82, 2.24) is 0 Å². The summed E-state index contributed by atoms with van der Waals surface area (Å²) in [6.07, 6.45) is 0. The maximum absolute atomic E-state index is 11.2. The van der Waals surface area contributed by atoms with Crippen molar-refractivity contribution in [2.24, 2.45) is 0 Å². The highest BCUT2D eigenvalue weighted by Crippen LogP contribution is 2.33. The van der Waals surface area contributed by atoms with Gasteiger partial charge in [-0.15, -0.1) is 0 Å². The van der Waals surface area contributed by atoms with Crippen molar-refractivity contribution in [3.05, 3.63) is 52.0 Å². The largest absolute Gasteiger partial charge is 0.456 e. The van der Waals surface area contributed by atoms with Gasteiger partial charge in [0, 0.05) is 10.7 Å². The standard InChI is InChI=1S/C14H12BrClO3S/c1-9-3-4-11(7-10(9)2)19-14-6-5-12(8-13(14)15)20(16,17)18/h3-8H,1-2H3. The summed E-state index contributed by atoms with van der Waals surface area (Å²) < 4.78 is 28.7. The second-order valence-electron chi connectivity index (χ2n) is 4.38. The molecule has 0 aromatic heterocycles. The zero-order valence-corrected chi connectivity index (χ0v) is 14.0. The molecule has 0 radical (unpaired) electrons. The van der Waals surface area contributed by atoms with E-state index in [0.29, 0.717) is 16.0 Å². The molecule has 0 fully saturated rings. The minimum atomic E-state index is -3.74. The third kappa shape index (κ3) is 3.53. The van der Waals surface area contributed by atoms with Crippen LogP contribution in [0.15, 0.2) is 45.8 Å². The van der Waals surface area contributed by atoms with Gasteiger partial charge in [0.25, 0.3) is 9.05 Å². The number of hydrogen-bond acceptors (Lipinski definition) is 3. The molecule has 2 rings (SSSR count). The summed E-state index contributed by atoms with van der Waals surface area (Å²) in [6.45, 7) is 4.02. The molecule has 3 nitrogen and oxygen atoms in total. The fourth-order valence-corrected chi connectivity index (χ4v) is 3.01. The fraction of sp³-hybridized carbons (Fsp3) is 0.143. The molecule has 0 aliphatic rings. The Kier molecular flexibility index (Phi) is 4.42. The Labute approximate surface area is 131 Å². The Bertz CT molecular complexity index is 757. The zero-order chi connectivity index (χ0) is 14.9. The predicted molar refractivity (Wildman–Crippen MR) is 83.2 cm³/mol. The van der Waals surface area contributed by atoms with Crippen LogP contribution in [0.5, 0.6) is 11.5 Å². The molecule has 0 N–H and O–H groups in total. The summed E-state index contributed by atoms with van der Waals surface area (Å²) in [7, 11) is 1.55. The number of aryl methyl sites for hydroxylation is 2. The van der Waals surface area contributed by atoms with Gasteiger partial charge in [0.15, 0.2) is 0 Å². The van der Waals surface area contributed by atoms with Crippen LogP contribution in [0, 0.1) is 13.8 Å². The molecule has 6 heteroatoms. The number of benzene rings is 2. The van der Waals surface area contributed by atoms with Gasteiger partial charge in [-0.1, -0.05) is 6.07 Å². The van der Waals surface area contributed by atoms with Crippen molar-refractivity contribution in [2.75, 3.05) is 0 Å². The monoisotopic (exact) mass is 374 g/mol. The van der Waals surface area contributed by atoms with E-state index in [-0.39, 0.29) is 4.90 Å². The number of ether oxygens (including phenoxy) is 1. The molecule has 0 aliphatic heterocycles. The Morgan fingerprint density at radius 1 is 1.05 bits per heavy atom. The summed E-state index contributed by atoms with van der Waals surface area (Å²) in [6, 6.07) is 10.1. The van der Waals surface area contributed by atoms with Crippen LogP contribution in [-0.2, 0) is 9.05 Å². The van der Waals surface area contributed by atoms with Crippen LogP contribution in [0.4, 0.5) is 0 Å². The molecule has 0 amide bonds. The quantitative estimate of drug-likeness (QED) is 0.725. The van der Waals surface area contributed by atoms with E-state index in [2.05, 4.69) is 15.9 Å². The summed E-state index contributed by atoms with van der Waals surface area (Å²) in [4.78, 5) is 0.0264. The fourth-order valence-electron chi connectivity index (χ4n) is 1.62. The van der Waals surface area contributed by atoms with Crippen LogP contribution >= 0.6 is 26.6 Å². The molecule has 0 saturated heterocycles. The van der Waals surface area contributed by atoms with Crippen LogP contribution in [0.1, 0.15) is 11.1 Å². The molecule has 2 aromatic rings. The first-order chi connectivity index (χ1) is 9.27. The van der Waals surface area contributed by atoms with Crippen LogP contribution in [0.3, 0.4) is 0 Å². The van der Waals surface area contributed by atoms with E-state index in [9.17, 15) is 8.42 Å². The first-order valence-electron chi connectivity index (χ1n) is 5.77. The maximum atomic E-state index is 11.2. The van der Waals surface area contributed by atoms with E-state index in [1.807, 2.05) is 32.0 Å². The van der Waals surface area contributed by atoms with E-state index in [4.69, 9.17) is 15.4 Å². The molecular formula is C14H12BrClO3S. The lowest BCUT2D eigenvalue weighted by molar-refractivity contribution is 0.478. The molecule has 20 heavy (non-hydrogen) atoms. The van der Waals surface area contributed by atoms with Crippen LogP contribution in [-0.4, -0.2) is 8.42 Å². The Balaban J connectivity index is 2.32. The highest BCUT2D eigenvalue weighted by Gasteiger charge is 2.13. The number of hydrogen-bond donors (Lipinski definition) is 0. The van der Waals surface area contributed by atoms with E-state index in [1.165, 1.54) is 17.7 Å². The SMILES string of the molecule is Cc1ccc(Oc2ccc(S(=O)(=O)Cl)cc2Br)cc1C. The molecular weight excluding hydrogens is 364 g/mol. The lowest BCUT2D eigenvalue weighted by atomic mass is 10.1. The second kappa shape index (κ2) is 5.76. The summed E-state index contributed by atoms with van der Waals surface area (Å²) in [5.74, 6) is 1.22. The second-order valence-corrected chi connectivity index (χ2v) is 7.80. The lowest BCUT2D eigenvalue weighted by Crippen LogP contribution is -1.92. The Morgan fingerprint density at radius 2 is 1.75 bits per heavy atom. The minimum absolute atomic E-state index is 0.0264. The summed E-state index contributed by atoms with van der Waals surface area (Å²) in [5.41, 5.74) is 2.30. The average molecular weight is 376 g/mol. The Hall–Kier alpha value is -1.04. The van der Waals surface area contributed by atoms with E-state index in [1.54, 1.807) is 6.07 Å².